The van der Waals surface area contributed by atoms with Gasteiger partial charge in [0.15, 0.2) is 0 Å². The van der Waals surface area contributed by atoms with Crippen LogP contribution in [-0.4, -0.2) is 130 Å². The molecule has 0 saturated heterocycles. The van der Waals surface area contributed by atoms with E-state index in [0.29, 0.717) is 0 Å². The Balaban J connectivity index is -0.000000304. The van der Waals surface area contributed by atoms with Gasteiger partial charge >= 0.3 is 97.4 Å². The molecule has 2 aromatic rings. The number of thiol groups is 2. The second kappa shape index (κ2) is 21.3. The molecule has 2 rings (SSSR count). The summed E-state index contributed by atoms with van der Waals surface area (Å²) in [5, 5.41) is 0. The van der Waals surface area contributed by atoms with Gasteiger partial charge in [-0.05, 0) is 0 Å². The molecule has 0 aliphatic carbocycles. The maximum Gasteiger partial charge on any atom is 2.00 e. The van der Waals surface area contributed by atoms with Crippen LogP contribution in [0.2, 0.25) is 0 Å². The molecule has 0 bridgehead atoms. The van der Waals surface area contributed by atoms with Crippen molar-refractivity contribution in [2.45, 2.75) is 58.7 Å². The smallest absolute Gasteiger partial charge is 0.744 e. The van der Waals surface area contributed by atoms with Crippen LogP contribution in [0, 0.1) is 0 Å². The van der Waals surface area contributed by atoms with Crippen LogP contribution in [0.15, 0.2) is 58.7 Å². The third-order valence-corrected chi connectivity index (χ3v) is 16.6. The van der Waals surface area contributed by atoms with Gasteiger partial charge in [-0.1, -0.05) is 0 Å². The molecule has 0 radical (unpaired) electrons. The Labute approximate surface area is 407 Å². The van der Waals surface area contributed by atoms with Crippen molar-refractivity contribution in [2.75, 3.05) is 0 Å². The number of benzene rings is 2. The molecule has 0 atom stereocenters. The number of hydrogen-bond acceptors (Lipinski definition) is 32. The zero-order valence-corrected chi connectivity index (χ0v) is 51.5. The van der Waals surface area contributed by atoms with E-state index in [2.05, 4.69) is 25.3 Å². The molecule has 0 N–H and O–H groups in total. The molecule has 0 aliphatic rings. The fourth-order valence-corrected chi connectivity index (χ4v) is 17.7. The maximum atomic E-state index is 11.3. The average Bonchev–Trinajstić information content (AvgIpc) is 2.80. The molecule has 0 saturated carbocycles. The van der Waals surface area contributed by atoms with Gasteiger partial charge in [0.2, 0.25) is 0 Å². The van der Waals surface area contributed by atoms with E-state index < -0.39 is 160 Å². The Bertz CT molecular complexity index is 2780. The van der Waals surface area contributed by atoms with Gasteiger partial charge in [-0.3, -0.25) is 0 Å². The molecule has 2 aromatic carbocycles. The monoisotopic (exact) mass is 1330 g/mol. The standard InChI is InChI=1S/2C6H6O15S6.5Zn/c2*7-23(8,9)2-1(22)3(24(10,11)12)5(26(16,17)18)6(27(19,20)21)4(2)25(13,14)15;;;;;/h2*22H,(H,7,8,9)(H,10,11,12)(H,13,14,15)(H,16,17,18)(H,19,20,21);;;;;/q;;5*+2/p-10. The zero-order valence-electron chi connectivity index (χ0n) is 26.8. The van der Waals surface area contributed by atoms with E-state index in [0.717, 1.165) is 0 Å². The third kappa shape index (κ3) is 16.3. The van der Waals surface area contributed by atoms with Crippen LogP contribution in [0.1, 0.15) is 0 Å². The van der Waals surface area contributed by atoms with Gasteiger partial charge in [-0.25, -0.2) is 84.2 Å². The predicted octanol–water partition coefficient (Wildman–Crippen LogP) is -7.02. The second-order valence-electron chi connectivity index (χ2n) is 8.53. The summed E-state index contributed by atoms with van der Waals surface area (Å²) >= 11 is 5.97. The van der Waals surface area contributed by atoms with Gasteiger partial charge in [0.1, 0.15) is 101 Å². The van der Waals surface area contributed by atoms with Gasteiger partial charge in [-0.2, -0.15) is 0 Å². The molecular formula is C12H2O30S12Zn5. The van der Waals surface area contributed by atoms with E-state index in [-0.39, 0.29) is 97.4 Å². The molecule has 47 heteroatoms. The Hall–Kier alpha value is 1.36. The van der Waals surface area contributed by atoms with Crippen molar-refractivity contribution in [1.82, 2.24) is 0 Å². The van der Waals surface area contributed by atoms with E-state index in [1.54, 1.807) is 0 Å². The van der Waals surface area contributed by atoms with Gasteiger partial charge in [-0.15, -0.1) is 25.3 Å². The number of hydrogen-bond donors (Lipinski definition) is 2. The van der Waals surface area contributed by atoms with Gasteiger partial charge < -0.3 is 45.5 Å². The topological polar surface area (TPSA) is 572 Å². The van der Waals surface area contributed by atoms with Crippen molar-refractivity contribution in [3.63, 3.8) is 0 Å². The van der Waals surface area contributed by atoms with Crippen LogP contribution in [0.4, 0.5) is 0 Å². The SMILES string of the molecule is O=S(=O)([O-])c1c(S)c(S(=O)(=O)[O-])c(S(=O)(=O)[O-])c(S(=O)(=O)[O-])c1S(=O)(=O)[O-].O=S(=O)([O-])c1c(S)c(S(=O)(=O)[O-])c(S(=O)(=O)[O-])c(S(=O)(=O)[O-])c1S(=O)(=O)[O-].[Zn+2].[Zn+2].[Zn+2].[Zn+2].[Zn+2]. The number of rotatable bonds is 10. The van der Waals surface area contributed by atoms with Crippen molar-refractivity contribution in [3.05, 3.63) is 0 Å². The Morgan fingerprint density at radius 1 is 0.203 bits per heavy atom. The minimum Gasteiger partial charge on any atom is -0.744 e. The fraction of sp³-hybridized carbons (Fsp3) is 0. The summed E-state index contributed by atoms with van der Waals surface area (Å²) in [5.41, 5.74) is 0. The Morgan fingerprint density at radius 2 is 0.271 bits per heavy atom. The van der Waals surface area contributed by atoms with E-state index in [1.807, 2.05) is 0 Å². The van der Waals surface area contributed by atoms with Gasteiger partial charge in [0.25, 0.3) is 0 Å². The minimum absolute atomic E-state index is 0. The minimum atomic E-state index is -6.66. The molecule has 59 heavy (non-hydrogen) atoms. The molecule has 0 aromatic heterocycles. The average molecular weight is 1340 g/mol. The van der Waals surface area contributed by atoms with Crippen LogP contribution in [0.3, 0.4) is 0 Å². The van der Waals surface area contributed by atoms with Gasteiger partial charge in [0, 0.05) is 9.79 Å². The predicted molar refractivity (Wildman–Crippen MR) is 147 cm³/mol. The van der Waals surface area contributed by atoms with Crippen LogP contribution < -0.4 is 0 Å². The van der Waals surface area contributed by atoms with Crippen LogP contribution in [-0.2, 0) is 199 Å². The zero-order chi connectivity index (χ0) is 43.9. The second-order valence-corrected chi connectivity index (χ2v) is 22.6. The first kappa shape index (κ1) is 69.4. The fourth-order valence-electron chi connectivity index (χ4n) is 3.55. The molecule has 0 unspecified atom stereocenters. The Kier molecular flexibility index (Phi) is 25.1. The van der Waals surface area contributed by atoms with Crippen LogP contribution in [0.25, 0.3) is 0 Å². The summed E-state index contributed by atoms with van der Waals surface area (Å²) in [5.74, 6) is 0. The normalized spacial score (nSPS) is 13.1. The van der Waals surface area contributed by atoms with E-state index >= 15 is 0 Å². The molecule has 312 valence electrons. The first-order valence-electron chi connectivity index (χ1n) is 10.5. The summed E-state index contributed by atoms with van der Waals surface area (Å²) in [6, 6.07) is 0. The van der Waals surface area contributed by atoms with Crippen LogP contribution >= 0.6 is 25.3 Å². The first-order valence-corrected chi connectivity index (χ1v) is 25.5. The Morgan fingerprint density at radius 3 is 0.339 bits per heavy atom. The van der Waals surface area contributed by atoms with Crippen molar-refractivity contribution < 1.29 is 227 Å². The molecule has 0 aliphatic heterocycles. The van der Waals surface area contributed by atoms with E-state index in [4.69, 9.17) is 0 Å². The summed E-state index contributed by atoms with van der Waals surface area (Å²) in [7, 11) is -65.1. The molecule has 0 amide bonds. The molecule has 0 spiro atoms. The quantitative estimate of drug-likeness (QED) is 0.127. The van der Waals surface area contributed by atoms with E-state index in [1.165, 1.54) is 0 Å². The van der Waals surface area contributed by atoms with Crippen molar-refractivity contribution in [2.24, 2.45) is 0 Å². The van der Waals surface area contributed by atoms with Crippen LogP contribution in [0.5, 0.6) is 0 Å². The molecule has 0 fully saturated rings. The summed E-state index contributed by atoms with van der Waals surface area (Å²) in [6.07, 6.45) is 0. The van der Waals surface area contributed by atoms with Crippen molar-refractivity contribution in [3.8, 4) is 0 Å². The summed E-state index contributed by atoms with van der Waals surface area (Å²) < 4.78 is 337. The summed E-state index contributed by atoms with van der Waals surface area (Å²) in [4.78, 5) is -32.2. The van der Waals surface area contributed by atoms with E-state index in [9.17, 15) is 130 Å². The molecule has 0 heterocycles. The maximum absolute atomic E-state index is 11.3. The largest absolute Gasteiger partial charge is 2.00 e. The summed E-state index contributed by atoms with van der Waals surface area (Å²) in [6.45, 7) is 0. The first-order chi connectivity index (χ1) is 23.0. The van der Waals surface area contributed by atoms with Gasteiger partial charge in [0.05, 0.1) is 49.0 Å². The third-order valence-electron chi connectivity index (χ3n) is 5.01. The molecular weight excluding hydrogens is 1340 g/mol. The molecule has 30 nitrogen and oxygen atoms in total. The van der Waals surface area contributed by atoms with Crippen molar-refractivity contribution in [1.29, 1.82) is 0 Å². The van der Waals surface area contributed by atoms with Crippen molar-refractivity contribution >= 4 is 126 Å².